The molecule has 4 heteroatoms. The highest BCUT2D eigenvalue weighted by Crippen LogP contribution is 2.29. The number of aromatic nitrogens is 1. The van der Waals surface area contributed by atoms with Gasteiger partial charge in [0.1, 0.15) is 0 Å². The molecule has 0 spiro atoms. The highest BCUT2D eigenvalue weighted by molar-refractivity contribution is 7.09. The first kappa shape index (κ1) is 13.4. The molecular weight excluding hydrogens is 266 g/mol. The predicted molar refractivity (Wildman–Crippen MR) is 86.8 cm³/mol. The molecular formula is C16H21N3S. The number of nitrogens with zero attached hydrogens (tertiary/aromatic N) is 2. The van der Waals surface area contributed by atoms with Gasteiger partial charge in [0, 0.05) is 24.4 Å². The molecule has 3 rings (SSSR count). The van der Waals surface area contributed by atoms with E-state index in [9.17, 15) is 0 Å². The fourth-order valence-electron chi connectivity index (χ4n) is 2.53. The normalized spacial score (nSPS) is 14.8. The van der Waals surface area contributed by atoms with Crippen molar-refractivity contribution in [1.29, 1.82) is 0 Å². The van der Waals surface area contributed by atoms with Gasteiger partial charge < -0.3 is 10.2 Å². The van der Waals surface area contributed by atoms with Crippen molar-refractivity contribution in [1.82, 2.24) is 4.98 Å². The van der Waals surface area contributed by atoms with E-state index in [1.165, 1.54) is 22.1 Å². The summed E-state index contributed by atoms with van der Waals surface area (Å²) in [6.07, 6.45) is 1.16. The van der Waals surface area contributed by atoms with Gasteiger partial charge in [-0.2, -0.15) is 0 Å². The average Bonchev–Trinajstić information content (AvgIpc) is 2.82. The van der Waals surface area contributed by atoms with E-state index in [1.54, 1.807) is 11.3 Å². The van der Waals surface area contributed by atoms with Crippen molar-refractivity contribution in [2.75, 3.05) is 23.3 Å². The van der Waals surface area contributed by atoms with Crippen LogP contribution in [0.4, 0.5) is 11.4 Å². The summed E-state index contributed by atoms with van der Waals surface area (Å²) < 4.78 is 0. The monoisotopic (exact) mass is 287 g/mol. The van der Waals surface area contributed by atoms with Crippen LogP contribution in [0.25, 0.3) is 0 Å². The van der Waals surface area contributed by atoms with Crippen LogP contribution in [0.2, 0.25) is 0 Å². The van der Waals surface area contributed by atoms with Crippen molar-refractivity contribution >= 4 is 22.7 Å². The molecule has 1 N–H and O–H groups in total. The Morgan fingerprint density at radius 2 is 2.20 bits per heavy atom. The van der Waals surface area contributed by atoms with Gasteiger partial charge in [-0.15, -0.1) is 11.3 Å². The van der Waals surface area contributed by atoms with Gasteiger partial charge in [0.25, 0.3) is 0 Å². The maximum Gasteiger partial charge on any atom is 0.0954 e. The predicted octanol–water partition coefficient (Wildman–Crippen LogP) is 4.09. The Morgan fingerprint density at radius 1 is 1.35 bits per heavy atom. The van der Waals surface area contributed by atoms with E-state index in [0.717, 1.165) is 26.1 Å². The molecule has 0 saturated carbocycles. The van der Waals surface area contributed by atoms with Crippen LogP contribution in [0, 0.1) is 0 Å². The Hall–Kier alpha value is -1.55. The van der Waals surface area contributed by atoms with Gasteiger partial charge in [-0.05, 0) is 18.6 Å². The summed E-state index contributed by atoms with van der Waals surface area (Å²) in [5, 5.41) is 6.95. The van der Waals surface area contributed by atoms with Crippen molar-refractivity contribution < 1.29 is 0 Å². The van der Waals surface area contributed by atoms with Crippen molar-refractivity contribution in [3.05, 3.63) is 40.3 Å². The lowest BCUT2D eigenvalue weighted by Gasteiger charge is -2.23. The molecule has 0 amide bonds. The summed E-state index contributed by atoms with van der Waals surface area (Å²) >= 11 is 1.78. The summed E-state index contributed by atoms with van der Waals surface area (Å²) in [5.41, 5.74) is 3.73. The molecule has 0 atom stereocenters. The summed E-state index contributed by atoms with van der Waals surface area (Å²) in [5.74, 6) is 0.520. The first-order valence-electron chi connectivity index (χ1n) is 7.26. The van der Waals surface area contributed by atoms with Crippen LogP contribution in [0.1, 0.15) is 36.9 Å². The van der Waals surface area contributed by atoms with Crippen LogP contribution in [-0.4, -0.2) is 18.1 Å². The third-order valence-electron chi connectivity index (χ3n) is 3.58. The number of nitrogens with one attached hydrogen (secondary N) is 1. The molecule has 0 bridgehead atoms. The van der Waals surface area contributed by atoms with Gasteiger partial charge >= 0.3 is 0 Å². The maximum atomic E-state index is 4.76. The summed E-state index contributed by atoms with van der Waals surface area (Å²) in [6, 6.07) is 8.56. The SMILES string of the molecule is CC(C)c1nc(CN2CCCNc3ccccc32)cs1. The molecule has 2 aromatic rings. The minimum atomic E-state index is 0.520. The van der Waals surface area contributed by atoms with Crippen LogP contribution < -0.4 is 10.2 Å². The largest absolute Gasteiger partial charge is 0.383 e. The lowest BCUT2D eigenvalue weighted by Crippen LogP contribution is -2.23. The summed E-state index contributed by atoms with van der Waals surface area (Å²) in [7, 11) is 0. The molecule has 1 aromatic carbocycles. The second kappa shape index (κ2) is 5.83. The van der Waals surface area contributed by atoms with Gasteiger partial charge in [-0.1, -0.05) is 26.0 Å². The number of para-hydroxylation sites is 2. The van der Waals surface area contributed by atoms with Gasteiger partial charge in [0.05, 0.1) is 28.6 Å². The van der Waals surface area contributed by atoms with Crippen LogP contribution in [-0.2, 0) is 6.54 Å². The fraction of sp³-hybridized carbons (Fsp3) is 0.438. The minimum absolute atomic E-state index is 0.520. The lowest BCUT2D eigenvalue weighted by atomic mass is 10.2. The molecule has 0 saturated heterocycles. The zero-order valence-corrected chi connectivity index (χ0v) is 12.9. The van der Waals surface area contributed by atoms with E-state index in [4.69, 9.17) is 4.98 Å². The number of benzene rings is 1. The van der Waals surface area contributed by atoms with E-state index in [-0.39, 0.29) is 0 Å². The number of hydrogen-bond acceptors (Lipinski definition) is 4. The molecule has 1 aliphatic rings. The Bertz CT molecular complexity index is 577. The Morgan fingerprint density at radius 3 is 3.00 bits per heavy atom. The van der Waals surface area contributed by atoms with E-state index in [1.807, 2.05) is 0 Å². The van der Waals surface area contributed by atoms with Gasteiger partial charge in [-0.25, -0.2) is 4.98 Å². The molecule has 20 heavy (non-hydrogen) atoms. The third-order valence-corrected chi connectivity index (χ3v) is 4.78. The molecule has 0 aliphatic carbocycles. The van der Waals surface area contributed by atoms with Crippen LogP contribution >= 0.6 is 11.3 Å². The number of fused-ring (bicyclic) bond motifs is 1. The van der Waals surface area contributed by atoms with Crippen LogP contribution in [0.15, 0.2) is 29.6 Å². The minimum Gasteiger partial charge on any atom is -0.383 e. The molecule has 2 heterocycles. The van der Waals surface area contributed by atoms with Crippen molar-refractivity contribution in [2.24, 2.45) is 0 Å². The topological polar surface area (TPSA) is 28.2 Å². The van der Waals surface area contributed by atoms with Crippen LogP contribution in [0.3, 0.4) is 0 Å². The van der Waals surface area contributed by atoms with Crippen molar-refractivity contribution in [3.8, 4) is 0 Å². The zero-order chi connectivity index (χ0) is 13.9. The zero-order valence-electron chi connectivity index (χ0n) is 12.1. The van der Waals surface area contributed by atoms with Crippen molar-refractivity contribution in [3.63, 3.8) is 0 Å². The lowest BCUT2D eigenvalue weighted by molar-refractivity contribution is 0.747. The highest BCUT2D eigenvalue weighted by Gasteiger charge is 2.16. The van der Waals surface area contributed by atoms with Crippen molar-refractivity contribution in [2.45, 2.75) is 32.7 Å². The van der Waals surface area contributed by atoms with Gasteiger partial charge in [0.15, 0.2) is 0 Å². The Kier molecular flexibility index (Phi) is 3.92. The van der Waals surface area contributed by atoms with Gasteiger partial charge in [-0.3, -0.25) is 0 Å². The standard InChI is InChI=1S/C16H21N3S/c1-12(2)16-18-13(11-20-16)10-19-9-5-8-17-14-6-3-4-7-15(14)19/h3-4,6-7,11-12,17H,5,8-10H2,1-2H3. The Labute approximate surface area is 124 Å². The van der Waals surface area contributed by atoms with E-state index in [0.29, 0.717) is 5.92 Å². The molecule has 0 fully saturated rings. The smallest absolute Gasteiger partial charge is 0.0954 e. The average molecular weight is 287 g/mol. The fourth-order valence-corrected chi connectivity index (χ4v) is 3.36. The third kappa shape index (κ3) is 2.80. The first-order chi connectivity index (χ1) is 9.74. The molecule has 1 aromatic heterocycles. The van der Waals surface area contributed by atoms with E-state index in [2.05, 4.69) is 53.7 Å². The number of rotatable bonds is 3. The molecule has 0 unspecified atom stereocenters. The van der Waals surface area contributed by atoms with E-state index < -0.39 is 0 Å². The van der Waals surface area contributed by atoms with E-state index >= 15 is 0 Å². The second-order valence-corrected chi connectivity index (χ2v) is 6.44. The number of hydrogen-bond donors (Lipinski definition) is 1. The highest BCUT2D eigenvalue weighted by atomic mass is 32.1. The first-order valence-corrected chi connectivity index (χ1v) is 8.14. The molecule has 3 nitrogen and oxygen atoms in total. The molecule has 0 radical (unpaired) electrons. The summed E-state index contributed by atoms with van der Waals surface area (Å²) in [6.45, 7) is 7.43. The number of thiazole rings is 1. The second-order valence-electron chi connectivity index (χ2n) is 5.55. The quantitative estimate of drug-likeness (QED) is 0.921. The molecule has 1 aliphatic heterocycles. The molecule has 106 valence electrons. The van der Waals surface area contributed by atoms with Crippen LogP contribution in [0.5, 0.6) is 0 Å². The maximum absolute atomic E-state index is 4.76. The Balaban J connectivity index is 1.82. The van der Waals surface area contributed by atoms with Gasteiger partial charge in [0.2, 0.25) is 0 Å². The number of anilines is 2. The summed E-state index contributed by atoms with van der Waals surface area (Å²) in [4.78, 5) is 7.20.